The summed E-state index contributed by atoms with van der Waals surface area (Å²) in [6.07, 6.45) is 2.60. The molecule has 0 saturated carbocycles. The number of rotatable bonds is 2. The molecule has 2 heteroatoms. The Morgan fingerprint density at radius 2 is 2.55 bits per heavy atom. The van der Waals surface area contributed by atoms with Crippen molar-refractivity contribution in [2.45, 2.75) is 32.8 Å². The highest BCUT2D eigenvalue weighted by molar-refractivity contribution is 5.63. The van der Waals surface area contributed by atoms with Crippen LogP contribution in [0.1, 0.15) is 26.7 Å². The lowest BCUT2D eigenvalue weighted by Crippen LogP contribution is -2.09. The smallest absolute Gasteiger partial charge is 0.152 e. The van der Waals surface area contributed by atoms with Crippen LogP contribution in [0.5, 0.6) is 0 Å². The molecule has 1 aliphatic rings. The minimum atomic E-state index is -0.241. The molecule has 0 bridgehead atoms. The normalized spacial score (nSPS) is 28.7. The first kappa shape index (κ1) is 8.47. The predicted octanol–water partition coefficient (Wildman–Crippen LogP) is 1.70. The number of ether oxygens (including phenoxy) is 1. The quantitative estimate of drug-likeness (QED) is 0.447. The zero-order valence-corrected chi connectivity index (χ0v) is 7.09. The average molecular weight is 154 g/mol. The molecule has 1 saturated heterocycles. The van der Waals surface area contributed by atoms with Crippen molar-refractivity contribution < 1.29 is 9.53 Å². The Morgan fingerprint density at radius 3 is 3.09 bits per heavy atom. The first-order valence-corrected chi connectivity index (χ1v) is 4.05. The van der Waals surface area contributed by atoms with E-state index in [1.54, 1.807) is 0 Å². The highest BCUT2D eigenvalue weighted by atomic mass is 16.5. The van der Waals surface area contributed by atoms with Gasteiger partial charge in [-0.1, -0.05) is 12.5 Å². The first-order valence-electron chi connectivity index (χ1n) is 4.05. The second-order valence-corrected chi connectivity index (χ2v) is 2.84. The van der Waals surface area contributed by atoms with Crippen LogP contribution in [0.2, 0.25) is 0 Å². The van der Waals surface area contributed by atoms with E-state index in [9.17, 15) is 4.79 Å². The Labute approximate surface area is 67.2 Å². The van der Waals surface area contributed by atoms with Crippen LogP contribution in [0, 0.1) is 0 Å². The minimum Gasteiger partial charge on any atom is -0.366 e. The van der Waals surface area contributed by atoms with Gasteiger partial charge in [-0.2, -0.15) is 0 Å². The fourth-order valence-electron chi connectivity index (χ4n) is 1.34. The van der Waals surface area contributed by atoms with Gasteiger partial charge in [0.2, 0.25) is 0 Å². The summed E-state index contributed by atoms with van der Waals surface area (Å²) >= 11 is 0. The van der Waals surface area contributed by atoms with Gasteiger partial charge in [-0.25, -0.2) is 0 Å². The summed E-state index contributed by atoms with van der Waals surface area (Å²) in [4.78, 5) is 10.5. The fraction of sp³-hybridized carbons (Fsp3) is 0.667. The molecule has 1 aliphatic heterocycles. The molecule has 0 N–H and O–H groups in total. The molecule has 1 rings (SSSR count). The van der Waals surface area contributed by atoms with Crippen LogP contribution in [0.25, 0.3) is 0 Å². The molecule has 0 spiro atoms. The van der Waals surface area contributed by atoms with Gasteiger partial charge in [0.05, 0.1) is 6.61 Å². The van der Waals surface area contributed by atoms with Gasteiger partial charge in [0.15, 0.2) is 6.29 Å². The van der Waals surface area contributed by atoms with Crippen LogP contribution in [0.3, 0.4) is 0 Å². The Morgan fingerprint density at radius 1 is 1.82 bits per heavy atom. The summed E-state index contributed by atoms with van der Waals surface area (Å²) in [6.45, 7) is 4.87. The Bertz CT molecular complexity index is 182. The monoisotopic (exact) mass is 154 g/mol. The van der Waals surface area contributed by atoms with E-state index in [2.05, 4.69) is 13.8 Å². The van der Waals surface area contributed by atoms with Crippen molar-refractivity contribution in [2.75, 3.05) is 6.61 Å². The first-order chi connectivity index (χ1) is 5.29. The van der Waals surface area contributed by atoms with E-state index in [1.165, 1.54) is 11.1 Å². The van der Waals surface area contributed by atoms with Crippen LogP contribution in [0.15, 0.2) is 11.1 Å². The molecule has 0 amide bonds. The molecule has 0 aromatic carbocycles. The van der Waals surface area contributed by atoms with Gasteiger partial charge in [-0.3, -0.25) is 0 Å². The van der Waals surface area contributed by atoms with Gasteiger partial charge < -0.3 is 9.53 Å². The molecule has 0 aromatic rings. The van der Waals surface area contributed by atoms with Gasteiger partial charge >= 0.3 is 0 Å². The lowest BCUT2D eigenvalue weighted by Gasteiger charge is -2.05. The minimum absolute atomic E-state index is 0.241. The second kappa shape index (κ2) is 3.67. The summed E-state index contributed by atoms with van der Waals surface area (Å²) < 4.78 is 5.21. The number of hydrogen-bond donors (Lipinski definition) is 0. The third-order valence-corrected chi connectivity index (χ3v) is 2.21. The second-order valence-electron chi connectivity index (χ2n) is 2.84. The van der Waals surface area contributed by atoms with Crippen molar-refractivity contribution in [1.29, 1.82) is 0 Å². The van der Waals surface area contributed by atoms with Crippen molar-refractivity contribution in [3.63, 3.8) is 0 Å². The molecule has 2 nitrogen and oxygen atoms in total. The number of carbonyl (C=O) groups is 1. The van der Waals surface area contributed by atoms with Crippen LogP contribution in [0.4, 0.5) is 0 Å². The molecule has 1 heterocycles. The zero-order chi connectivity index (χ0) is 8.27. The summed E-state index contributed by atoms with van der Waals surface area (Å²) in [5.41, 5.74) is 2.50. The average Bonchev–Trinajstić information content (AvgIpc) is 2.50. The maximum atomic E-state index is 10.5. The van der Waals surface area contributed by atoms with Gasteiger partial charge in [-0.05, 0) is 25.3 Å². The van der Waals surface area contributed by atoms with Crippen molar-refractivity contribution in [2.24, 2.45) is 0 Å². The largest absolute Gasteiger partial charge is 0.366 e. The van der Waals surface area contributed by atoms with E-state index in [-0.39, 0.29) is 6.10 Å². The third kappa shape index (κ3) is 1.69. The molecule has 1 atom stereocenters. The van der Waals surface area contributed by atoms with Crippen LogP contribution >= 0.6 is 0 Å². The molecular formula is C9H14O2. The van der Waals surface area contributed by atoms with E-state index in [1.807, 2.05) is 0 Å². The lowest BCUT2D eigenvalue weighted by atomic mass is 10.0. The van der Waals surface area contributed by atoms with Gasteiger partial charge in [0, 0.05) is 0 Å². The zero-order valence-electron chi connectivity index (χ0n) is 7.09. The van der Waals surface area contributed by atoms with E-state index in [4.69, 9.17) is 4.74 Å². The Hall–Kier alpha value is -0.630. The molecule has 0 aromatic heterocycles. The van der Waals surface area contributed by atoms with Crippen molar-refractivity contribution >= 4 is 6.29 Å². The van der Waals surface area contributed by atoms with Crippen molar-refractivity contribution in [3.05, 3.63) is 11.1 Å². The summed E-state index contributed by atoms with van der Waals surface area (Å²) in [5.74, 6) is 0. The van der Waals surface area contributed by atoms with Crippen molar-refractivity contribution in [3.8, 4) is 0 Å². The molecule has 1 fully saturated rings. The number of aldehydes is 1. The van der Waals surface area contributed by atoms with Crippen molar-refractivity contribution in [1.82, 2.24) is 0 Å². The molecule has 1 unspecified atom stereocenters. The Balaban J connectivity index is 2.77. The van der Waals surface area contributed by atoms with E-state index < -0.39 is 0 Å². The topological polar surface area (TPSA) is 26.3 Å². The van der Waals surface area contributed by atoms with Crippen LogP contribution in [-0.2, 0) is 9.53 Å². The highest BCUT2D eigenvalue weighted by Gasteiger charge is 2.21. The third-order valence-electron chi connectivity index (χ3n) is 2.21. The van der Waals surface area contributed by atoms with E-state index in [0.29, 0.717) is 6.61 Å². The SMILES string of the molecule is CCC(C)=C1CCOC1C=O. The fourth-order valence-corrected chi connectivity index (χ4v) is 1.34. The molecular weight excluding hydrogens is 140 g/mol. The van der Waals surface area contributed by atoms with Crippen LogP contribution < -0.4 is 0 Å². The molecule has 0 aliphatic carbocycles. The standard InChI is InChI=1S/C9H14O2/c1-3-7(2)8-4-5-11-9(8)6-10/h6,9H,3-5H2,1-2H3. The summed E-state index contributed by atoms with van der Waals surface area (Å²) in [5, 5.41) is 0. The number of carbonyl (C=O) groups excluding carboxylic acids is 1. The maximum Gasteiger partial charge on any atom is 0.152 e. The number of allylic oxidation sites excluding steroid dienone is 1. The van der Waals surface area contributed by atoms with Gasteiger partial charge in [0.1, 0.15) is 6.10 Å². The van der Waals surface area contributed by atoms with E-state index in [0.717, 1.165) is 19.1 Å². The van der Waals surface area contributed by atoms with Gasteiger partial charge in [-0.15, -0.1) is 0 Å². The predicted molar refractivity (Wildman–Crippen MR) is 43.4 cm³/mol. The number of hydrogen-bond acceptors (Lipinski definition) is 2. The maximum absolute atomic E-state index is 10.5. The molecule has 11 heavy (non-hydrogen) atoms. The molecule has 62 valence electrons. The lowest BCUT2D eigenvalue weighted by molar-refractivity contribution is -0.114. The summed E-state index contributed by atoms with van der Waals surface area (Å²) in [6, 6.07) is 0. The van der Waals surface area contributed by atoms with Gasteiger partial charge in [0.25, 0.3) is 0 Å². The van der Waals surface area contributed by atoms with E-state index >= 15 is 0 Å². The summed E-state index contributed by atoms with van der Waals surface area (Å²) in [7, 11) is 0. The Kier molecular flexibility index (Phi) is 2.83. The van der Waals surface area contributed by atoms with Crippen LogP contribution in [-0.4, -0.2) is 19.0 Å². The molecule has 0 radical (unpaired) electrons. The highest BCUT2D eigenvalue weighted by Crippen LogP contribution is 2.23.